The van der Waals surface area contributed by atoms with Gasteiger partial charge in [0, 0.05) is 10.5 Å². The van der Waals surface area contributed by atoms with Gasteiger partial charge < -0.3 is 10.6 Å². The quantitative estimate of drug-likeness (QED) is 0.802. The summed E-state index contributed by atoms with van der Waals surface area (Å²) in [5, 5.41) is 4.91. The van der Waals surface area contributed by atoms with Gasteiger partial charge in [0.2, 0.25) is 0 Å². The van der Waals surface area contributed by atoms with E-state index in [0.29, 0.717) is 4.47 Å². The van der Waals surface area contributed by atoms with Gasteiger partial charge in [-0.1, -0.05) is 11.6 Å². The largest absolute Gasteiger partial charge is 0.336 e. The van der Waals surface area contributed by atoms with E-state index in [1.54, 1.807) is 6.07 Å². The minimum absolute atomic E-state index is 0.0195. The van der Waals surface area contributed by atoms with Gasteiger partial charge in [0.25, 0.3) is 0 Å². The van der Waals surface area contributed by atoms with Crippen molar-refractivity contribution in [1.29, 1.82) is 0 Å². The smallest absolute Gasteiger partial charge is 0.319 e. The van der Waals surface area contributed by atoms with Gasteiger partial charge in [0.15, 0.2) is 5.82 Å². The molecule has 88 valence electrons. The van der Waals surface area contributed by atoms with Crippen molar-refractivity contribution in [3.8, 4) is 0 Å². The highest BCUT2D eigenvalue weighted by atomic mass is 79.9. The first kappa shape index (κ1) is 13.3. The SMILES string of the molecule is CC(C)NC(=O)Nc1ccc(Br)c(Cl)c1F. The Bertz CT molecular complexity index is 412. The second kappa shape index (κ2) is 5.50. The fourth-order valence-corrected chi connectivity index (χ4v) is 1.51. The molecule has 0 saturated heterocycles. The summed E-state index contributed by atoms with van der Waals surface area (Å²) in [6, 6.07) is 2.52. The molecule has 3 nitrogen and oxygen atoms in total. The lowest BCUT2D eigenvalue weighted by Crippen LogP contribution is -2.34. The summed E-state index contributed by atoms with van der Waals surface area (Å²) in [5.74, 6) is -0.657. The summed E-state index contributed by atoms with van der Waals surface area (Å²) in [7, 11) is 0. The van der Waals surface area contributed by atoms with Gasteiger partial charge >= 0.3 is 6.03 Å². The van der Waals surface area contributed by atoms with Gasteiger partial charge in [-0.3, -0.25) is 0 Å². The number of anilines is 1. The summed E-state index contributed by atoms with van der Waals surface area (Å²) < 4.78 is 14.0. The van der Waals surface area contributed by atoms with Crippen LogP contribution in [0.1, 0.15) is 13.8 Å². The molecule has 2 N–H and O–H groups in total. The topological polar surface area (TPSA) is 41.1 Å². The molecular formula is C10H11BrClFN2O. The van der Waals surface area contributed by atoms with Crippen LogP contribution in [-0.4, -0.2) is 12.1 Å². The fourth-order valence-electron chi connectivity index (χ4n) is 1.04. The van der Waals surface area contributed by atoms with Crippen LogP contribution in [0.2, 0.25) is 5.02 Å². The predicted octanol–water partition coefficient (Wildman–Crippen LogP) is 3.77. The first-order chi connectivity index (χ1) is 7.41. The fraction of sp³-hybridized carbons (Fsp3) is 0.300. The molecule has 0 atom stereocenters. The molecule has 0 bridgehead atoms. The summed E-state index contributed by atoms with van der Waals surface area (Å²) in [6.45, 7) is 3.62. The average Bonchev–Trinajstić information content (AvgIpc) is 2.18. The van der Waals surface area contributed by atoms with E-state index in [2.05, 4.69) is 26.6 Å². The summed E-state index contributed by atoms with van der Waals surface area (Å²) in [4.78, 5) is 11.3. The summed E-state index contributed by atoms with van der Waals surface area (Å²) in [5.41, 5.74) is 0.0475. The maximum Gasteiger partial charge on any atom is 0.319 e. The molecule has 2 amide bonds. The van der Waals surface area contributed by atoms with Crippen molar-refractivity contribution in [2.45, 2.75) is 19.9 Å². The van der Waals surface area contributed by atoms with Gasteiger partial charge in [-0.2, -0.15) is 0 Å². The van der Waals surface area contributed by atoms with Crippen LogP contribution in [0.5, 0.6) is 0 Å². The van der Waals surface area contributed by atoms with E-state index in [0.717, 1.165) is 0 Å². The van der Waals surface area contributed by atoms with Crippen LogP contribution in [0.4, 0.5) is 14.9 Å². The molecule has 1 aromatic carbocycles. The maximum absolute atomic E-state index is 13.6. The zero-order chi connectivity index (χ0) is 12.3. The molecule has 16 heavy (non-hydrogen) atoms. The lowest BCUT2D eigenvalue weighted by atomic mass is 10.3. The molecule has 1 rings (SSSR count). The molecule has 0 aliphatic heterocycles. The van der Waals surface area contributed by atoms with Gasteiger partial charge in [0.05, 0.1) is 10.7 Å². The highest BCUT2D eigenvalue weighted by Gasteiger charge is 2.12. The number of amides is 2. The number of halogens is 3. The maximum atomic E-state index is 13.6. The van der Waals surface area contributed by atoms with Crippen molar-refractivity contribution >= 4 is 39.2 Å². The van der Waals surface area contributed by atoms with Crippen molar-refractivity contribution in [2.75, 3.05) is 5.32 Å². The minimum Gasteiger partial charge on any atom is -0.336 e. The van der Waals surface area contributed by atoms with Gasteiger partial charge in [-0.25, -0.2) is 9.18 Å². The van der Waals surface area contributed by atoms with Gasteiger partial charge in [-0.05, 0) is 41.9 Å². The monoisotopic (exact) mass is 308 g/mol. The molecule has 0 aromatic heterocycles. The van der Waals surface area contributed by atoms with E-state index in [1.807, 2.05) is 13.8 Å². The Hall–Kier alpha value is -0.810. The third kappa shape index (κ3) is 3.35. The second-order valence-electron chi connectivity index (χ2n) is 3.48. The number of rotatable bonds is 2. The van der Waals surface area contributed by atoms with E-state index in [9.17, 15) is 9.18 Å². The van der Waals surface area contributed by atoms with E-state index >= 15 is 0 Å². The van der Waals surface area contributed by atoms with E-state index in [4.69, 9.17) is 11.6 Å². The summed E-state index contributed by atoms with van der Waals surface area (Å²) >= 11 is 8.76. The first-order valence-electron chi connectivity index (χ1n) is 4.63. The Morgan fingerprint density at radius 1 is 1.50 bits per heavy atom. The standard InChI is InChI=1S/C10H11BrClFN2O/c1-5(2)14-10(16)15-7-4-3-6(11)8(12)9(7)13/h3-5H,1-2H3,(H2,14,15,16). The van der Waals surface area contributed by atoms with Crippen LogP contribution in [0, 0.1) is 5.82 Å². The third-order valence-corrected chi connectivity index (χ3v) is 2.96. The highest BCUT2D eigenvalue weighted by Crippen LogP contribution is 2.30. The number of hydrogen-bond acceptors (Lipinski definition) is 1. The highest BCUT2D eigenvalue weighted by molar-refractivity contribution is 9.10. The minimum atomic E-state index is -0.657. The van der Waals surface area contributed by atoms with Gasteiger partial charge in [0.1, 0.15) is 0 Å². The second-order valence-corrected chi connectivity index (χ2v) is 4.71. The van der Waals surface area contributed by atoms with Crippen LogP contribution in [0.25, 0.3) is 0 Å². The zero-order valence-electron chi connectivity index (χ0n) is 8.77. The van der Waals surface area contributed by atoms with E-state index in [-0.39, 0.29) is 16.8 Å². The normalized spacial score (nSPS) is 10.4. The van der Waals surface area contributed by atoms with Crippen LogP contribution >= 0.6 is 27.5 Å². The number of urea groups is 1. The van der Waals surface area contributed by atoms with Crippen LogP contribution < -0.4 is 10.6 Å². The molecule has 0 aliphatic rings. The number of carbonyl (C=O) groups is 1. The Morgan fingerprint density at radius 2 is 2.12 bits per heavy atom. The molecule has 1 aromatic rings. The van der Waals surface area contributed by atoms with Crippen molar-refractivity contribution in [2.24, 2.45) is 0 Å². The molecule has 0 heterocycles. The average molecular weight is 310 g/mol. The van der Waals surface area contributed by atoms with Crippen LogP contribution in [-0.2, 0) is 0 Å². The Balaban J connectivity index is 2.82. The van der Waals surface area contributed by atoms with E-state index < -0.39 is 11.8 Å². The van der Waals surface area contributed by atoms with Crippen LogP contribution in [0.15, 0.2) is 16.6 Å². The molecule has 6 heteroatoms. The Morgan fingerprint density at radius 3 is 2.69 bits per heavy atom. The van der Waals surface area contributed by atoms with Crippen molar-refractivity contribution in [1.82, 2.24) is 5.32 Å². The lowest BCUT2D eigenvalue weighted by Gasteiger charge is -2.11. The molecule has 0 saturated carbocycles. The van der Waals surface area contributed by atoms with Crippen molar-refractivity contribution in [3.63, 3.8) is 0 Å². The molecule has 0 fully saturated rings. The van der Waals surface area contributed by atoms with E-state index in [1.165, 1.54) is 6.07 Å². The number of hydrogen-bond donors (Lipinski definition) is 2. The third-order valence-electron chi connectivity index (χ3n) is 1.70. The summed E-state index contributed by atoms with van der Waals surface area (Å²) in [6.07, 6.45) is 0. The van der Waals surface area contributed by atoms with Crippen molar-refractivity contribution < 1.29 is 9.18 Å². The Kier molecular flexibility index (Phi) is 4.56. The molecule has 0 spiro atoms. The Labute approximate surface area is 106 Å². The predicted molar refractivity (Wildman–Crippen MR) is 66.4 cm³/mol. The molecular weight excluding hydrogens is 298 g/mol. The lowest BCUT2D eigenvalue weighted by molar-refractivity contribution is 0.250. The molecule has 0 unspecified atom stereocenters. The number of carbonyl (C=O) groups excluding carboxylic acids is 1. The molecule has 0 radical (unpaired) electrons. The number of nitrogens with one attached hydrogen (secondary N) is 2. The zero-order valence-corrected chi connectivity index (χ0v) is 11.1. The first-order valence-corrected chi connectivity index (χ1v) is 5.80. The molecule has 0 aliphatic carbocycles. The van der Waals surface area contributed by atoms with Crippen molar-refractivity contribution in [3.05, 3.63) is 27.4 Å². The number of benzene rings is 1. The van der Waals surface area contributed by atoms with Crippen LogP contribution in [0.3, 0.4) is 0 Å². The van der Waals surface area contributed by atoms with Gasteiger partial charge in [-0.15, -0.1) is 0 Å².